The van der Waals surface area contributed by atoms with Crippen LogP contribution in [-0.4, -0.2) is 12.5 Å². The molecule has 0 fully saturated rings. The molecule has 3 rings (SSSR count). The van der Waals surface area contributed by atoms with Crippen molar-refractivity contribution < 1.29 is 9.18 Å². The zero-order valence-electron chi connectivity index (χ0n) is 13.7. The lowest BCUT2D eigenvalue weighted by molar-refractivity contribution is -0.115. The molecule has 0 spiro atoms. The summed E-state index contributed by atoms with van der Waals surface area (Å²) < 4.78 is 13.7. The quantitative estimate of drug-likeness (QED) is 0.721. The molecular weight excluding hydrogens is 315 g/mol. The Kier molecular flexibility index (Phi) is 5.42. The Labute approximate surface area is 146 Å². The van der Waals surface area contributed by atoms with Gasteiger partial charge < -0.3 is 10.2 Å². The molecule has 0 aliphatic heterocycles. The Hall–Kier alpha value is -3.14. The first-order valence-electron chi connectivity index (χ1n) is 8.10. The molecule has 0 heterocycles. The molecular formula is C21H19FN2O. The Balaban J connectivity index is 1.75. The van der Waals surface area contributed by atoms with E-state index in [9.17, 15) is 9.18 Å². The van der Waals surface area contributed by atoms with Crippen LogP contribution >= 0.6 is 0 Å². The Morgan fingerprint density at radius 1 is 0.840 bits per heavy atom. The average Bonchev–Trinajstić information content (AvgIpc) is 2.65. The number of amides is 1. The van der Waals surface area contributed by atoms with E-state index in [1.54, 1.807) is 18.2 Å². The van der Waals surface area contributed by atoms with Gasteiger partial charge in [-0.05, 0) is 29.8 Å². The molecule has 0 bridgehead atoms. The lowest BCUT2D eigenvalue weighted by atomic mass is 10.2. The van der Waals surface area contributed by atoms with Crippen LogP contribution in [0.25, 0.3) is 0 Å². The van der Waals surface area contributed by atoms with Crippen LogP contribution in [0.5, 0.6) is 0 Å². The maximum Gasteiger partial charge on any atom is 0.243 e. The van der Waals surface area contributed by atoms with Crippen molar-refractivity contribution in [3.8, 4) is 0 Å². The van der Waals surface area contributed by atoms with E-state index >= 15 is 0 Å². The number of para-hydroxylation sites is 2. The fraction of sp³-hybridized carbons (Fsp3) is 0.0952. The third kappa shape index (κ3) is 4.67. The second kappa shape index (κ2) is 8.11. The van der Waals surface area contributed by atoms with E-state index in [0.717, 1.165) is 11.3 Å². The molecule has 3 nitrogen and oxygen atoms in total. The summed E-state index contributed by atoms with van der Waals surface area (Å²) in [5.41, 5.74) is 2.24. The van der Waals surface area contributed by atoms with E-state index in [-0.39, 0.29) is 18.1 Å². The summed E-state index contributed by atoms with van der Waals surface area (Å²) in [5.74, 6) is -0.699. The van der Waals surface area contributed by atoms with E-state index < -0.39 is 5.82 Å². The van der Waals surface area contributed by atoms with Crippen molar-refractivity contribution in [3.63, 3.8) is 0 Å². The van der Waals surface area contributed by atoms with Gasteiger partial charge in [-0.2, -0.15) is 0 Å². The highest BCUT2D eigenvalue weighted by molar-refractivity contribution is 5.94. The second-order valence-corrected chi connectivity index (χ2v) is 5.71. The van der Waals surface area contributed by atoms with Crippen LogP contribution in [0.1, 0.15) is 5.56 Å². The van der Waals surface area contributed by atoms with Crippen LogP contribution in [0, 0.1) is 5.82 Å². The Morgan fingerprint density at radius 2 is 1.44 bits per heavy atom. The van der Waals surface area contributed by atoms with Gasteiger partial charge in [0.15, 0.2) is 0 Å². The minimum absolute atomic E-state index is 0.132. The fourth-order valence-electron chi connectivity index (χ4n) is 2.61. The van der Waals surface area contributed by atoms with Gasteiger partial charge in [0.1, 0.15) is 5.82 Å². The Morgan fingerprint density at radius 3 is 2.12 bits per heavy atom. The smallest absolute Gasteiger partial charge is 0.243 e. The van der Waals surface area contributed by atoms with Crippen molar-refractivity contribution in [2.24, 2.45) is 0 Å². The van der Waals surface area contributed by atoms with Crippen LogP contribution in [0.15, 0.2) is 84.9 Å². The molecule has 25 heavy (non-hydrogen) atoms. The van der Waals surface area contributed by atoms with Crippen molar-refractivity contribution in [1.82, 2.24) is 0 Å². The largest absolute Gasteiger partial charge is 0.358 e. The van der Waals surface area contributed by atoms with Crippen molar-refractivity contribution in [2.75, 3.05) is 16.8 Å². The van der Waals surface area contributed by atoms with Crippen LogP contribution in [-0.2, 0) is 11.3 Å². The highest BCUT2D eigenvalue weighted by Gasteiger charge is 2.13. The molecule has 126 valence electrons. The minimum atomic E-state index is -0.440. The highest BCUT2D eigenvalue weighted by Crippen LogP contribution is 2.18. The molecule has 0 atom stereocenters. The van der Waals surface area contributed by atoms with Crippen LogP contribution in [0.2, 0.25) is 0 Å². The van der Waals surface area contributed by atoms with E-state index in [2.05, 4.69) is 5.32 Å². The standard InChI is InChI=1S/C21H19FN2O/c22-19-13-7-8-14-20(19)23-21(25)16-24(18-11-5-2-6-12-18)15-17-9-3-1-4-10-17/h1-14H,15-16H2,(H,23,25). The van der Waals surface area contributed by atoms with Gasteiger partial charge in [-0.25, -0.2) is 4.39 Å². The number of hydrogen-bond acceptors (Lipinski definition) is 2. The first kappa shape index (κ1) is 16.7. The molecule has 0 aromatic heterocycles. The van der Waals surface area contributed by atoms with Gasteiger partial charge in [0, 0.05) is 12.2 Å². The summed E-state index contributed by atoms with van der Waals surface area (Å²) in [5, 5.41) is 2.64. The topological polar surface area (TPSA) is 32.3 Å². The van der Waals surface area contributed by atoms with Gasteiger partial charge in [0.2, 0.25) is 5.91 Å². The van der Waals surface area contributed by atoms with Gasteiger partial charge in [-0.3, -0.25) is 4.79 Å². The maximum atomic E-state index is 13.7. The minimum Gasteiger partial charge on any atom is -0.358 e. The number of halogens is 1. The number of benzene rings is 3. The van der Waals surface area contributed by atoms with Crippen molar-refractivity contribution in [3.05, 3.63) is 96.3 Å². The highest BCUT2D eigenvalue weighted by atomic mass is 19.1. The van der Waals surface area contributed by atoms with E-state index in [1.165, 1.54) is 6.07 Å². The predicted molar refractivity (Wildman–Crippen MR) is 99.0 cm³/mol. The van der Waals surface area contributed by atoms with Gasteiger partial charge >= 0.3 is 0 Å². The number of carbonyl (C=O) groups excluding carboxylic acids is 1. The first-order valence-corrected chi connectivity index (χ1v) is 8.10. The van der Waals surface area contributed by atoms with Crippen molar-refractivity contribution in [1.29, 1.82) is 0 Å². The van der Waals surface area contributed by atoms with Gasteiger partial charge in [0.05, 0.1) is 12.2 Å². The molecule has 0 aliphatic carbocycles. The number of carbonyl (C=O) groups is 1. The van der Waals surface area contributed by atoms with Crippen molar-refractivity contribution in [2.45, 2.75) is 6.54 Å². The summed E-state index contributed by atoms with van der Waals surface area (Å²) in [6.07, 6.45) is 0. The molecule has 0 saturated heterocycles. The van der Waals surface area contributed by atoms with Gasteiger partial charge in [-0.1, -0.05) is 60.7 Å². The average molecular weight is 334 g/mol. The number of rotatable bonds is 6. The maximum absolute atomic E-state index is 13.7. The number of nitrogens with one attached hydrogen (secondary N) is 1. The molecule has 0 unspecified atom stereocenters. The Bertz CT molecular complexity index is 822. The first-order chi connectivity index (χ1) is 12.2. The normalized spacial score (nSPS) is 10.3. The molecule has 4 heteroatoms. The van der Waals surface area contributed by atoms with Gasteiger partial charge in [0.25, 0.3) is 0 Å². The third-order valence-electron chi connectivity index (χ3n) is 3.82. The SMILES string of the molecule is O=C(CN(Cc1ccccc1)c1ccccc1)Nc1ccccc1F. The molecule has 0 radical (unpaired) electrons. The lowest BCUT2D eigenvalue weighted by Crippen LogP contribution is -2.33. The molecule has 0 saturated carbocycles. The monoisotopic (exact) mass is 334 g/mol. The molecule has 3 aromatic rings. The van der Waals surface area contributed by atoms with E-state index in [1.807, 2.05) is 65.6 Å². The van der Waals surface area contributed by atoms with Crippen LogP contribution in [0.3, 0.4) is 0 Å². The summed E-state index contributed by atoms with van der Waals surface area (Å²) in [4.78, 5) is 14.4. The summed E-state index contributed by atoms with van der Waals surface area (Å²) in [7, 11) is 0. The number of hydrogen-bond donors (Lipinski definition) is 1. The molecule has 1 N–H and O–H groups in total. The van der Waals surface area contributed by atoms with Crippen molar-refractivity contribution >= 4 is 17.3 Å². The molecule has 1 amide bonds. The van der Waals surface area contributed by atoms with E-state index in [0.29, 0.717) is 6.54 Å². The predicted octanol–water partition coefficient (Wildman–Crippen LogP) is 4.47. The van der Waals surface area contributed by atoms with Gasteiger partial charge in [-0.15, -0.1) is 0 Å². The third-order valence-corrected chi connectivity index (χ3v) is 3.82. The van der Waals surface area contributed by atoms with E-state index in [4.69, 9.17) is 0 Å². The second-order valence-electron chi connectivity index (χ2n) is 5.71. The zero-order valence-corrected chi connectivity index (χ0v) is 13.7. The summed E-state index contributed by atoms with van der Waals surface area (Å²) in [6, 6.07) is 25.8. The number of anilines is 2. The number of nitrogens with zero attached hydrogens (tertiary/aromatic N) is 1. The van der Waals surface area contributed by atoms with Crippen LogP contribution in [0.4, 0.5) is 15.8 Å². The molecule has 3 aromatic carbocycles. The molecule has 0 aliphatic rings. The lowest BCUT2D eigenvalue weighted by Gasteiger charge is -2.24. The fourth-order valence-corrected chi connectivity index (χ4v) is 2.61. The van der Waals surface area contributed by atoms with Crippen LogP contribution < -0.4 is 10.2 Å². The summed E-state index contributed by atoms with van der Waals surface area (Å²) >= 11 is 0. The summed E-state index contributed by atoms with van der Waals surface area (Å²) in [6.45, 7) is 0.725. The zero-order chi connectivity index (χ0) is 17.5.